The van der Waals surface area contributed by atoms with E-state index in [0.717, 1.165) is 17.2 Å². The van der Waals surface area contributed by atoms with Crippen LogP contribution in [-0.2, 0) is 11.0 Å². The normalized spacial score (nSPS) is 11.3. The van der Waals surface area contributed by atoms with Gasteiger partial charge in [0, 0.05) is 11.8 Å². The molecule has 0 aliphatic rings. The third kappa shape index (κ3) is 5.46. The third-order valence-corrected chi connectivity index (χ3v) is 5.11. The largest absolute Gasteiger partial charge is 0.484 e. The van der Waals surface area contributed by atoms with Crippen LogP contribution in [0.4, 0.5) is 18.9 Å². The van der Waals surface area contributed by atoms with Gasteiger partial charge in [-0.3, -0.25) is 9.59 Å². The van der Waals surface area contributed by atoms with Crippen LogP contribution in [0.25, 0.3) is 11.0 Å². The van der Waals surface area contributed by atoms with Crippen molar-refractivity contribution in [1.82, 2.24) is 0 Å². The second-order valence-electron chi connectivity index (χ2n) is 7.81. The van der Waals surface area contributed by atoms with Crippen LogP contribution in [0, 0.1) is 13.8 Å². The summed E-state index contributed by atoms with van der Waals surface area (Å²) in [6, 6.07) is 17.1. The van der Waals surface area contributed by atoms with Crippen molar-refractivity contribution in [3.63, 3.8) is 0 Å². The van der Waals surface area contributed by atoms with Crippen LogP contribution >= 0.6 is 0 Å². The Morgan fingerprint density at radius 3 is 2.34 bits per heavy atom. The zero-order valence-corrected chi connectivity index (χ0v) is 18.7. The van der Waals surface area contributed by atoms with Crippen molar-refractivity contribution in [2.75, 3.05) is 11.9 Å². The summed E-state index contributed by atoms with van der Waals surface area (Å²) in [5.41, 5.74) is 1.01. The number of carbonyl (C=O) groups excluding carboxylic acids is 1. The molecule has 0 fully saturated rings. The first-order valence-electron chi connectivity index (χ1n) is 10.5. The van der Waals surface area contributed by atoms with Crippen LogP contribution in [0.2, 0.25) is 0 Å². The molecule has 1 aromatic heterocycles. The number of benzene rings is 3. The molecule has 0 unspecified atom stereocenters. The van der Waals surface area contributed by atoms with Crippen molar-refractivity contribution in [2.45, 2.75) is 20.0 Å². The van der Waals surface area contributed by atoms with Gasteiger partial charge in [0.15, 0.2) is 6.61 Å². The van der Waals surface area contributed by atoms with Crippen molar-refractivity contribution in [3.8, 4) is 17.2 Å². The molecule has 0 spiro atoms. The Kier molecular flexibility index (Phi) is 6.50. The fourth-order valence-electron chi connectivity index (χ4n) is 3.30. The minimum Gasteiger partial charge on any atom is -0.484 e. The second-order valence-corrected chi connectivity index (χ2v) is 7.81. The lowest BCUT2D eigenvalue weighted by Gasteiger charge is -2.14. The fourth-order valence-corrected chi connectivity index (χ4v) is 3.30. The van der Waals surface area contributed by atoms with Crippen molar-refractivity contribution >= 4 is 22.6 Å². The molecule has 0 radical (unpaired) electrons. The number of aryl methyl sites for hydroxylation is 2. The maximum atomic E-state index is 13.7. The molecule has 35 heavy (non-hydrogen) atoms. The van der Waals surface area contributed by atoms with Gasteiger partial charge < -0.3 is 19.2 Å². The molecule has 9 heteroatoms. The summed E-state index contributed by atoms with van der Waals surface area (Å²) in [7, 11) is 0. The number of anilines is 1. The van der Waals surface area contributed by atoms with E-state index in [9.17, 15) is 22.8 Å². The van der Waals surface area contributed by atoms with Gasteiger partial charge in [0.2, 0.25) is 11.2 Å². The zero-order valence-electron chi connectivity index (χ0n) is 18.7. The first kappa shape index (κ1) is 23.9. The van der Waals surface area contributed by atoms with Crippen molar-refractivity contribution in [1.29, 1.82) is 0 Å². The molecule has 4 aromatic rings. The van der Waals surface area contributed by atoms with Crippen molar-refractivity contribution in [3.05, 3.63) is 93.8 Å². The van der Waals surface area contributed by atoms with Crippen LogP contribution in [0.1, 0.15) is 16.9 Å². The molecule has 0 atom stereocenters. The Morgan fingerprint density at radius 2 is 1.66 bits per heavy atom. The van der Waals surface area contributed by atoms with Crippen LogP contribution in [0.15, 0.2) is 75.9 Å². The second kappa shape index (κ2) is 9.54. The Bertz CT molecular complexity index is 1440. The van der Waals surface area contributed by atoms with Crippen LogP contribution in [0.3, 0.4) is 0 Å². The molecule has 1 amide bonds. The topological polar surface area (TPSA) is 77.8 Å². The van der Waals surface area contributed by atoms with Gasteiger partial charge in [0.25, 0.3) is 11.7 Å². The number of carbonyl (C=O) groups is 1. The maximum Gasteiger partial charge on any atom is 0.453 e. The molecule has 180 valence electrons. The summed E-state index contributed by atoms with van der Waals surface area (Å²) < 4.78 is 56.9. The quantitative estimate of drug-likeness (QED) is 0.351. The highest BCUT2D eigenvalue weighted by Crippen LogP contribution is 2.38. The molecule has 1 N–H and O–H groups in total. The average Bonchev–Trinajstić information content (AvgIpc) is 2.81. The van der Waals surface area contributed by atoms with Gasteiger partial charge >= 0.3 is 6.18 Å². The van der Waals surface area contributed by atoms with Gasteiger partial charge in [-0.15, -0.1) is 0 Å². The Balaban J connectivity index is 1.61. The van der Waals surface area contributed by atoms with Crippen LogP contribution in [-0.4, -0.2) is 12.5 Å². The molecule has 0 bridgehead atoms. The number of halogens is 3. The molecular weight excluding hydrogens is 463 g/mol. The first-order chi connectivity index (χ1) is 16.6. The number of rotatable bonds is 6. The summed E-state index contributed by atoms with van der Waals surface area (Å²) in [6.07, 6.45) is -4.99. The number of ether oxygens (including phenoxy) is 2. The highest BCUT2D eigenvalue weighted by atomic mass is 19.4. The van der Waals surface area contributed by atoms with E-state index in [-0.39, 0.29) is 22.5 Å². The number of hydrogen-bond donors (Lipinski definition) is 1. The predicted octanol–water partition coefficient (Wildman–Crippen LogP) is 6.24. The molecule has 0 saturated carbocycles. The van der Waals surface area contributed by atoms with Gasteiger partial charge in [0.05, 0.1) is 5.39 Å². The highest BCUT2D eigenvalue weighted by molar-refractivity contribution is 5.92. The summed E-state index contributed by atoms with van der Waals surface area (Å²) in [6.45, 7) is 3.24. The van der Waals surface area contributed by atoms with E-state index >= 15 is 0 Å². The lowest BCUT2D eigenvalue weighted by molar-refractivity contribution is -0.154. The molecule has 6 nitrogen and oxygen atoms in total. The number of fused-ring (bicyclic) bond motifs is 1. The smallest absolute Gasteiger partial charge is 0.453 e. The number of alkyl halides is 3. The van der Waals surface area contributed by atoms with Gasteiger partial charge in [0.1, 0.15) is 17.1 Å². The summed E-state index contributed by atoms with van der Waals surface area (Å²) in [5, 5.41) is 2.56. The number of amides is 1. The molecular formula is C26H20F3NO5. The summed E-state index contributed by atoms with van der Waals surface area (Å²) in [5.74, 6) is -2.86. The highest BCUT2D eigenvalue weighted by Gasteiger charge is 2.40. The van der Waals surface area contributed by atoms with Crippen LogP contribution < -0.4 is 20.2 Å². The first-order valence-corrected chi connectivity index (χ1v) is 10.5. The van der Waals surface area contributed by atoms with Crippen LogP contribution in [0.5, 0.6) is 17.2 Å². The minimum atomic E-state index is -4.99. The number of hydrogen-bond acceptors (Lipinski definition) is 5. The molecule has 0 aliphatic heterocycles. The molecule has 0 saturated heterocycles. The lowest BCUT2D eigenvalue weighted by atomic mass is 10.2. The Hall–Kier alpha value is -4.27. The molecule has 3 aromatic carbocycles. The van der Waals surface area contributed by atoms with Gasteiger partial charge in [-0.25, -0.2) is 0 Å². The molecule has 0 aliphatic carbocycles. The maximum absolute atomic E-state index is 13.7. The van der Waals surface area contributed by atoms with Gasteiger partial charge in [-0.2, -0.15) is 13.2 Å². The van der Waals surface area contributed by atoms with E-state index in [1.54, 1.807) is 31.2 Å². The van der Waals surface area contributed by atoms with Crippen molar-refractivity contribution < 1.29 is 31.9 Å². The standard InChI is InChI=1S/C26H20F3NO5/c1-15-7-9-17(10-8-15)34-24-23(32)19-12-11-18(13-21(19)35-25(24)26(27,28)29)33-14-22(31)30-20-6-4-3-5-16(20)2/h3-13H,14H2,1-2H3,(H,30,31). The number of para-hydroxylation sites is 1. The monoisotopic (exact) mass is 483 g/mol. The summed E-state index contributed by atoms with van der Waals surface area (Å²) in [4.78, 5) is 25.1. The van der Waals surface area contributed by atoms with E-state index < -0.39 is 35.6 Å². The minimum absolute atomic E-state index is 0.0564. The van der Waals surface area contributed by atoms with E-state index in [1.807, 2.05) is 19.1 Å². The zero-order chi connectivity index (χ0) is 25.2. The Morgan fingerprint density at radius 1 is 0.971 bits per heavy atom. The fraction of sp³-hybridized carbons (Fsp3) is 0.154. The van der Waals surface area contributed by atoms with E-state index in [4.69, 9.17) is 13.9 Å². The van der Waals surface area contributed by atoms with E-state index in [0.29, 0.717) is 5.69 Å². The van der Waals surface area contributed by atoms with Gasteiger partial charge in [-0.05, 0) is 49.7 Å². The SMILES string of the molecule is Cc1ccc(Oc2c(C(F)(F)F)oc3cc(OCC(=O)Nc4ccccc4C)ccc3c2=O)cc1. The Labute approximate surface area is 197 Å². The third-order valence-electron chi connectivity index (χ3n) is 5.11. The van der Waals surface area contributed by atoms with Crippen molar-refractivity contribution in [2.24, 2.45) is 0 Å². The molecule has 1 heterocycles. The lowest BCUT2D eigenvalue weighted by Crippen LogP contribution is -2.20. The summed E-state index contributed by atoms with van der Waals surface area (Å²) >= 11 is 0. The van der Waals surface area contributed by atoms with E-state index in [2.05, 4.69) is 5.32 Å². The van der Waals surface area contributed by atoms with E-state index in [1.165, 1.54) is 24.3 Å². The van der Waals surface area contributed by atoms with Gasteiger partial charge in [-0.1, -0.05) is 35.9 Å². The average molecular weight is 483 g/mol. The number of nitrogens with one attached hydrogen (secondary N) is 1. The predicted molar refractivity (Wildman–Crippen MR) is 124 cm³/mol. The molecule has 4 rings (SSSR count).